The molecule has 4 fully saturated rings. The fourth-order valence-corrected chi connectivity index (χ4v) is 10.3. The van der Waals surface area contributed by atoms with Crippen LogP contribution in [0.3, 0.4) is 0 Å². The molecular weight excluding hydrogens is 839 g/mol. The van der Waals surface area contributed by atoms with Crippen LogP contribution in [0.4, 0.5) is 13.6 Å². The maximum absolute atomic E-state index is 14.0. The van der Waals surface area contributed by atoms with E-state index in [1.54, 1.807) is 11.1 Å². The number of alkyl carbamates (subject to hydrolysis) is 1. The highest BCUT2D eigenvalue weighted by atomic mass is 19.3. The minimum absolute atomic E-state index is 0.0263. The summed E-state index contributed by atoms with van der Waals surface area (Å²) in [6.07, 6.45) is 7.02. The van der Waals surface area contributed by atoms with Crippen LogP contribution < -0.4 is 10.6 Å². The number of aromatic amines is 2. The number of nitrogens with one attached hydrogen (secondary N) is 4. The SMILES string of the molecule is COC(=O)N[C@H](C(=O)N1CC2(CC2)C[C@H]1c1ncc(-c2ccc3cc(-c4ccc(-c5cnc([C@@H]6[C@H]7CC[C@H](C7)N6C(=O)[C@H](CCOC(F)F)NC(O)OC)[nH]5)cc4)ccc3c2)[nH]1)C(C)C. The molecule has 1 unspecified atom stereocenters. The van der Waals surface area contributed by atoms with Crippen LogP contribution in [-0.2, 0) is 23.8 Å². The standard InChI is InChI=1S/C48H56F2N8O7/c1-26(2)39(56-47(62)64-4)44(60)57-25-48(16-17-48)22-38(57)41-51-24-37(53-41)32-12-11-30-19-29(9-10-31(30)20-32)27-5-7-28(8-6-27)36-23-52-42(54-36)40-33-13-14-34(21-33)58(40)43(59)35(55-46(61)63-3)15-18-65-45(49)50/h5-12,19-20,23-24,26,33-35,38-40,45-46,55,61H,13-18,21-22,25H2,1-4H3,(H,51,53)(H,52,54)(H,56,62)/t33-,34+,35-,38-,39-,40-,46?/m0/s1. The van der Waals surface area contributed by atoms with Crippen molar-refractivity contribution >= 4 is 28.7 Å². The Hall–Kier alpha value is -5.75. The van der Waals surface area contributed by atoms with E-state index in [-0.39, 0.29) is 60.2 Å². The number of aromatic nitrogens is 4. The third-order valence-corrected chi connectivity index (χ3v) is 14.0. The number of hydrogen-bond acceptors (Lipinski definition) is 10. The molecule has 9 rings (SSSR count). The van der Waals surface area contributed by atoms with Crippen LogP contribution >= 0.6 is 0 Å². The summed E-state index contributed by atoms with van der Waals surface area (Å²) in [7, 11) is 2.58. The summed E-state index contributed by atoms with van der Waals surface area (Å²) in [5.74, 6) is 1.03. The van der Waals surface area contributed by atoms with Gasteiger partial charge in [-0.3, -0.25) is 14.9 Å². The lowest BCUT2D eigenvalue weighted by Crippen LogP contribution is -2.53. The zero-order valence-electron chi connectivity index (χ0n) is 36.9. The van der Waals surface area contributed by atoms with Crippen LogP contribution in [0.2, 0.25) is 0 Å². The van der Waals surface area contributed by atoms with Gasteiger partial charge in [0.05, 0.1) is 55.6 Å². The highest BCUT2D eigenvalue weighted by Crippen LogP contribution is 2.58. The van der Waals surface area contributed by atoms with Crippen molar-refractivity contribution in [2.45, 2.75) is 102 Å². The number of H-pyrrole nitrogens is 2. The van der Waals surface area contributed by atoms with Gasteiger partial charge in [0.1, 0.15) is 17.7 Å². The van der Waals surface area contributed by atoms with Gasteiger partial charge in [-0.05, 0) is 102 Å². The number of methoxy groups -OCH3 is 2. The molecule has 17 heteroatoms. The van der Waals surface area contributed by atoms with Gasteiger partial charge in [0, 0.05) is 25.3 Å². The zero-order valence-corrected chi connectivity index (χ0v) is 36.9. The van der Waals surface area contributed by atoms with Crippen molar-refractivity contribution in [1.82, 2.24) is 40.4 Å². The van der Waals surface area contributed by atoms with Gasteiger partial charge in [0.25, 0.3) is 0 Å². The summed E-state index contributed by atoms with van der Waals surface area (Å²) in [6.45, 7) is 1.14. The molecule has 2 aliphatic heterocycles. The van der Waals surface area contributed by atoms with Crippen LogP contribution in [0.1, 0.15) is 82.5 Å². The van der Waals surface area contributed by atoms with Crippen molar-refractivity contribution < 1.29 is 42.5 Å². The fourth-order valence-electron chi connectivity index (χ4n) is 10.3. The van der Waals surface area contributed by atoms with Crippen molar-refractivity contribution in [3.63, 3.8) is 0 Å². The molecule has 5 N–H and O–H groups in total. The number of aliphatic hydroxyl groups excluding tert-OH is 1. The molecule has 4 aliphatic rings. The van der Waals surface area contributed by atoms with E-state index >= 15 is 0 Å². The first-order valence-electron chi connectivity index (χ1n) is 22.4. The van der Waals surface area contributed by atoms with Crippen molar-refractivity contribution in [2.75, 3.05) is 27.4 Å². The molecule has 2 aliphatic carbocycles. The number of alkyl halides is 2. The molecule has 344 valence electrons. The predicted octanol–water partition coefficient (Wildman–Crippen LogP) is 7.28. The van der Waals surface area contributed by atoms with E-state index in [1.165, 1.54) is 14.2 Å². The van der Waals surface area contributed by atoms with Crippen LogP contribution in [0, 0.1) is 17.3 Å². The molecule has 1 spiro atoms. The Morgan fingerprint density at radius 3 is 2.20 bits per heavy atom. The van der Waals surface area contributed by atoms with E-state index in [0.717, 1.165) is 88.8 Å². The first-order chi connectivity index (χ1) is 31.3. The second-order valence-electron chi connectivity index (χ2n) is 18.4. The van der Waals surface area contributed by atoms with Gasteiger partial charge in [-0.1, -0.05) is 62.4 Å². The van der Waals surface area contributed by atoms with Gasteiger partial charge in [-0.2, -0.15) is 8.78 Å². The molecule has 65 heavy (non-hydrogen) atoms. The monoisotopic (exact) mass is 894 g/mol. The molecule has 2 saturated carbocycles. The second kappa shape index (κ2) is 18.3. The summed E-state index contributed by atoms with van der Waals surface area (Å²) in [5, 5.41) is 17.7. The molecule has 7 atom stereocenters. The number of rotatable bonds is 16. The number of aliphatic hydroxyl groups is 1. The molecule has 3 aromatic carbocycles. The average Bonchev–Trinajstić information content (AvgIpc) is 3.94. The summed E-state index contributed by atoms with van der Waals surface area (Å²) in [6, 6.07) is 18.6. The van der Waals surface area contributed by atoms with E-state index in [9.17, 15) is 28.3 Å². The number of imidazole rings is 2. The number of fused-ring (bicyclic) bond motifs is 3. The zero-order chi connectivity index (χ0) is 45.6. The molecule has 0 radical (unpaired) electrons. The van der Waals surface area contributed by atoms with Crippen LogP contribution in [0.25, 0.3) is 44.4 Å². The van der Waals surface area contributed by atoms with Gasteiger partial charge in [-0.25, -0.2) is 14.8 Å². The average molecular weight is 895 g/mol. The third-order valence-electron chi connectivity index (χ3n) is 14.0. The van der Waals surface area contributed by atoms with Crippen LogP contribution in [-0.4, -0.2) is 111 Å². The van der Waals surface area contributed by atoms with Crippen molar-refractivity contribution in [3.05, 3.63) is 84.7 Å². The number of carbonyl (C=O) groups is 3. The van der Waals surface area contributed by atoms with E-state index < -0.39 is 31.2 Å². The van der Waals surface area contributed by atoms with Crippen LogP contribution in [0.15, 0.2) is 73.1 Å². The Balaban J connectivity index is 0.883. The molecule has 2 saturated heterocycles. The number of hydrogen-bond donors (Lipinski definition) is 5. The van der Waals surface area contributed by atoms with Gasteiger partial charge in [0.15, 0.2) is 0 Å². The van der Waals surface area contributed by atoms with Gasteiger partial charge < -0.3 is 44.4 Å². The number of benzene rings is 3. The summed E-state index contributed by atoms with van der Waals surface area (Å²) < 4.78 is 39.7. The topological polar surface area (TPSA) is 187 Å². The first kappa shape index (κ1) is 44.5. The molecular formula is C48H56F2N8O7. The maximum Gasteiger partial charge on any atom is 0.407 e. The molecule has 4 heterocycles. The van der Waals surface area contributed by atoms with Gasteiger partial charge >= 0.3 is 12.7 Å². The highest BCUT2D eigenvalue weighted by Gasteiger charge is 2.55. The number of halogens is 2. The Morgan fingerprint density at radius 1 is 0.877 bits per heavy atom. The van der Waals surface area contributed by atoms with E-state index in [4.69, 9.17) is 19.4 Å². The quantitative estimate of drug-likeness (QED) is 0.0631. The molecule has 2 aromatic heterocycles. The number of likely N-dealkylation sites (tertiary alicyclic amines) is 2. The van der Waals surface area contributed by atoms with E-state index in [2.05, 4.69) is 73.9 Å². The van der Waals surface area contributed by atoms with Crippen LogP contribution in [0.5, 0.6) is 0 Å². The van der Waals surface area contributed by atoms with E-state index in [0.29, 0.717) is 12.4 Å². The van der Waals surface area contributed by atoms with Crippen molar-refractivity contribution in [1.29, 1.82) is 0 Å². The Bertz CT molecular complexity index is 2530. The lowest BCUT2D eigenvalue weighted by molar-refractivity contribution is -0.152. The minimum Gasteiger partial charge on any atom is -0.453 e. The van der Waals surface area contributed by atoms with Crippen molar-refractivity contribution in [2.24, 2.45) is 17.3 Å². The number of nitrogens with zero attached hydrogens (tertiary/aromatic N) is 4. The Labute approximate surface area is 375 Å². The van der Waals surface area contributed by atoms with E-state index in [1.807, 2.05) is 37.1 Å². The third kappa shape index (κ3) is 9.11. The molecule has 2 bridgehead atoms. The summed E-state index contributed by atoms with van der Waals surface area (Å²) in [4.78, 5) is 60.3. The van der Waals surface area contributed by atoms with Gasteiger partial charge in [0.2, 0.25) is 18.2 Å². The maximum atomic E-state index is 14.0. The number of piperidine rings is 1. The fraction of sp³-hybridized carbons (Fsp3) is 0.479. The smallest absolute Gasteiger partial charge is 0.407 e. The summed E-state index contributed by atoms with van der Waals surface area (Å²) in [5.41, 5.74) is 5.78. The molecule has 5 aromatic rings. The Morgan fingerprint density at radius 2 is 1.52 bits per heavy atom. The molecule has 15 nitrogen and oxygen atoms in total. The number of amides is 3. The second-order valence-corrected chi connectivity index (χ2v) is 18.4. The molecule has 3 amide bonds. The predicted molar refractivity (Wildman–Crippen MR) is 237 cm³/mol. The Kier molecular flexibility index (Phi) is 12.5. The lowest BCUT2D eigenvalue weighted by Gasteiger charge is -2.37. The lowest BCUT2D eigenvalue weighted by atomic mass is 9.97. The normalized spacial score (nSPS) is 22.3. The minimum atomic E-state index is -2.97. The summed E-state index contributed by atoms with van der Waals surface area (Å²) >= 11 is 0. The number of ether oxygens (including phenoxy) is 3. The largest absolute Gasteiger partial charge is 0.453 e. The van der Waals surface area contributed by atoms with Gasteiger partial charge in [-0.15, -0.1) is 0 Å². The number of carbonyl (C=O) groups excluding carboxylic acids is 3. The van der Waals surface area contributed by atoms with Crippen molar-refractivity contribution in [3.8, 4) is 33.6 Å². The first-order valence-corrected chi connectivity index (χ1v) is 22.4. The highest BCUT2D eigenvalue weighted by molar-refractivity contribution is 5.91.